The first kappa shape index (κ1) is 14.1. The van der Waals surface area contributed by atoms with Gasteiger partial charge in [0, 0.05) is 6.04 Å². The first-order valence-corrected chi connectivity index (χ1v) is 7.64. The molecule has 2 aliphatic rings. The third-order valence-electron chi connectivity index (χ3n) is 4.52. The number of carbonyl (C=O) groups excluding carboxylic acids is 2. The van der Waals surface area contributed by atoms with Gasteiger partial charge in [-0.3, -0.25) is 9.59 Å². The summed E-state index contributed by atoms with van der Waals surface area (Å²) in [5, 5.41) is 2.89. The molecule has 4 heteroatoms. The predicted molar refractivity (Wildman–Crippen MR) is 78.6 cm³/mol. The summed E-state index contributed by atoms with van der Waals surface area (Å²) in [6.07, 6.45) is 3.96. The van der Waals surface area contributed by atoms with Crippen LogP contribution in [-0.4, -0.2) is 24.5 Å². The fraction of sp³-hybridized carbons (Fsp3) is 0.529. The highest BCUT2D eigenvalue weighted by atomic mass is 16.5. The monoisotopic (exact) mass is 287 g/mol. The largest absolute Gasteiger partial charge is 0.455 e. The molecule has 2 saturated carbocycles. The average Bonchev–Trinajstić information content (AvgIpc) is 3.39. The molecule has 1 aromatic rings. The highest BCUT2D eigenvalue weighted by molar-refractivity contribution is 5.89. The molecule has 1 atom stereocenters. The van der Waals surface area contributed by atoms with Gasteiger partial charge in [0.25, 0.3) is 5.91 Å². The maximum absolute atomic E-state index is 12.3. The van der Waals surface area contributed by atoms with E-state index in [0.29, 0.717) is 5.92 Å². The fourth-order valence-electron chi connectivity index (χ4n) is 2.77. The van der Waals surface area contributed by atoms with Crippen LogP contribution in [0, 0.1) is 5.92 Å². The quantitative estimate of drug-likeness (QED) is 0.816. The van der Waals surface area contributed by atoms with Gasteiger partial charge in [-0.2, -0.15) is 0 Å². The van der Waals surface area contributed by atoms with Gasteiger partial charge in [0.2, 0.25) is 0 Å². The van der Waals surface area contributed by atoms with Crippen molar-refractivity contribution in [3.05, 3.63) is 35.9 Å². The third-order valence-corrected chi connectivity index (χ3v) is 4.52. The van der Waals surface area contributed by atoms with Crippen molar-refractivity contribution in [3.63, 3.8) is 0 Å². The van der Waals surface area contributed by atoms with E-state index in [-0.39, 0.29) is 24.5 Å². The van der Waals surface area contributed by atoms with Crippen molar-refractivity contribution in [3.8, 4) is 0 Å². The highest BCUT2D eigenvalue weighted by Crippen LogP contribution is 2.49. The average molecular weight is 287 g/mol. The summed E-state index contributed by atoms with van der Waals surface area (Å²) in [4.78, 5) is 24.0. The molecule has 0 aliphatic heterocycles. The zero-order valence-corrected chi connectivity index (χ0v) is 12.3. The number of benzene rings is 1. The summed E-state index contributed by atoms with van der Waals surface area (Å²) >= 11 is 0. The Bertz CT molecular complexity index is 532. The number of hydrogen-bond acceptors (Lipinski definition) is 3. The molecule has 21 heavy (non-hydrogen) atoms. The van der Waals surface area contributed by atoms with Crippen LogP contribution in [0.3, 0.4) is 0 Å². The van der Waals surface area contributed by atoms with E-state index in [1.54, 1.807) is 0 Å². The molecule has 2 fully saturated rings. The normalized spacial score (nSPS) is 20.4. The number of nitrogens with one attached hydrogen (secondary N) is 1. The van der Waals surface area contributed by atoms with Crippen LogP contribution in [0.5, 0.6) is 0 Å². The zero-order valence-electron chi connectivity index (χ0n) is 12.3. The van der Waals surface area contributed by atoms with Crippen LogP contribution in [0.25, 0.3) is 0 Å². The Morgan fingerprint density at radius 3 is 2.52 bits per heavy atom. The van der Waals surface area contributed by atoms with Gasteiger partial charge in [-0.15, -0.1) is 0 Å². The van der Waals surface area contributed by atoms with Crippen LogP contribution >= 0.6 is 0 Å². The fourth-order valence-corrected chi connectivity index (χ4v) is 2.77. The van der Waals surface area contributed by atoms with Crippen LogP contribution in [0.1, 0.15) is 38.2 Å². The number of esters is 1. The van der Waals surface area contributed by atoms with Gasteiger partial charge in [-0.05, 0) is 44.1 Å². The SMILES string of the molecule is C[C@@H](NC(=O)COC(=O)C1(c2ccccc2)CC1)C1CC1. The zero-order chi connectivity index (χ0) is 14.9. The van der Waals surface area contributed by atoms with Gasteiger partial charge < -0.3 is 10.1 Å². The number of amides is 1. The molecule has 0 aromatic heterocycles. The molecule has 112 valence electrons. The molecule has 1 aromatic carbocycles. The molecule has 0 saturated heterocycles. The molecule has 0 unspecified atom stereocenters. The molecule has 1 amide bonds. The summed E-state index contributed by atoms with van der Waals surface area (Å²) in [5.74, 6) is 0.123. The third kappa shape index (κ3) is 3.09. The summed E-state index contributed by atoms with van der Waals surface area (Å²) in [6, 6.07) is 9.85. The Morgan fingerprint density at radius 1 is 1.29 bits per heavy atom. The minimum absolute atomic E-state index is 0.176. The van der Waals surface area contributed by atoms with E-state index in [0.717, 1.165) is 18.4 Å². The minimum Gasteiger partial charge on any atom is -0.455 e. The lowest BCUT2D eigenvalue weighted by Gasteiger charge is -2.16. The van der Waals surface area contributed by atoms with Crippen molar-refractivity contribution in [2.75, 3.05) is 6.61 Å². The van der Waals surface area contributed by atoms with Crippen molar-refractivity contribution in [2.45, 2.75) is 44.1 Å². The van der Waals surface area contributed by atoms with E-state index in [9.17, 15) is 9.59 Å². The standard InChI is InChI=1S/C17H21NO3/c1-12(13-7-8-13)18-15(19)11-21-16(20)17(9-10-17)14-5-3-2-4-6-14/h2-6,12-13H,7-11H2,1H3,(H,18,19)/t12-/m1/s1. The lowest BCUT2D eigenvalue weighted by molar-refractivity contribution is -0.151. The minimum atomic E-state index is -0.510. The van der Waals surface area contributed by atoms with E-state index in [1.807, 2.05) is 37.3 Å². The second kappa shape index (κ2) is 5.51. The molecule has 0 spiro atoms. The van der Waals surface area contributed by atoms with Crippen molar-refractivity contribution < 1.29 is 14.3 Å². The van der Waals surface area contributed by atoms with Gasteiger partial charge in [-0.25, -0.2) is 0 Å². The first-order valence-electron chi connectivity index (χ1n) is 7.64. The van der Waals surface area contributed by atoms with Gasteiger partial charge in [0.15, 0.2) is 6.61 Å². The molecule has 4 nitrogen and oxygen atoms in total. The molecule has 0 bridgehead atoms. The van der Waals surface area contributed by atoms with Gasteiger partial charge in [0.1, 0.15) is 0 Å². The number of hydrogen-bond donors (Lipinski definition) is 1. The topological polar surface area (TPSA) is 55.4 Å². The predicted octanol–water partition coefficient (Wildman–Crippen LogP) is 2.18. The Hall–Kier alpha value is -1.84. The lowest BCUT2D eigenvalue weighted by atomic mass is 9.96. The molecule has 2 aliphatic carbocycles. The van der Waals surface area contributed by atoms with E-state index in [4.69, 9.17) is 4.74 Å². The summed E-state index contributed by atoms with van der Waals surface area (Å²) in [5.41, 5.74) is 0.477. The van der Waals surface area contributed by atoms with Crippen LogP contribution < -0.4 is 5.32 Å². The Balaban J connectivity index is 1.51. The molecule has 3 rings (SSSR count). The Morgan fingerprint density at radius 2 is 1.95 bits per heavy atom. The van der Waals surface area contributed by atoms with E-state index < -0.39 is 5.41 Å². The Labute approximate surface area is 124 Å². The maximum Gasteiger partial charge on any atom is 0.317 e. The van der Waals surface area contributed by atoms with E-state index in [1.165, 1.54) is 12.8 Å². The van der Waals surface area contributed by atoms with Gasteiger partial charge in [0.05, 0.1) is 5.41 Å². The molecular weight excluding hydrogens is 266 g/mol. The van der Waals surface area contributed by atoms with Crippen molar-refractivity contribution in [1.29, 1.82) is 0 Å². The molecule has 0 heterocycles. The summed E-state index contributed by atoms with van der Waals surface area (Å²) in [7, 11) is 0. The van der Waals surface area contributed by atoms with Crippen LogP contribution in [0.4, 0.5) is 0 Å². The summed E-state index contributed by atoms with van der Waals surface area (Å²) < 4.78 is 5.24. The number of rotatable bonds is 6. The first-order chi connectivity index (χ1) is 10.1. The molecule has 1 N–H and O–H groups in total. The van der Waals surface area contributed by atoms with Gasteiger partial charge >= 0.3 is 5.97 Å². The van der Waals surface area contributed by atoms with E-state index >= 15 is 0 Å². The number of carbonyl (C=O) groups is 2. The van der Waals surface area contributed by atoms with Crippen molar-refractivity contribution in [1.82, 2.24) is 5.32 Å². The van der Waals surface area contributed by atoms with Crippen LogP contribution in [0.15, 0.2) is 30.3 Å². The van der Waals surface area contributed by atoms with Crippen molar-refractivity contribution >= 4 is 11.9 Å². The maximum atomic E-state index is 12.3. The summed E-state index contributed by atoms with van der Waals surface area (Å²) in [6.45, 7) is 1.83. The highest BCUT2D eigenvalue weighted by Gasteiger charge is 2.52. The molecule has 0 radical (unpaired) electrons. The second-order valence-electron chi connectivity index (χ2n) is 6.22. The van der Waals surface area contributed by atoms with Crippen molar-refractivity contribution in [2.24, 2.45) is 5.92 Å². The van der Waals surface area contributed by atoms with Crippen LogP contribution in [-0.2, 0) is 19.7 Å². The smallest absolute Gasteiger partial charge is 0.317 e. The lowest BCUT2D eigenvalue weighted by Crippen LogP contribution is -2.38. The van der Waals surface area contributed by atoms with Crippen LogP contribution in [0.2, 0.25) is 0 Å². The molecular formula is C17H21NO3. The number of ether oxygens (including phenoxy) is 1. The van der Waals surface area contributed by atoms with Gasteiger partial charge in [-0.1, -0.05) is 30.3 Å². The Kier molecular flexibility index (Phi) is 3.70. The van der Waals surface area contributed by atoms with E-state index in [2.05, 4.69) is 5.32 Å². The second-order valence-corrected chi connectivity index (χ2v) is 6.22.